The zero-order valence-electron chi connectivity index (χ0n) is 11.5. The highest BCUT2D eigenvalue weighted by molar-refractivity contribution is 5.67. The van der Waals surface area contributed by atoms with Gasteiger partial charge in [-0.3, -0.25) is 4.79 Å². The number of hydrogen-bond acceptors (Lipinski definition) is 3. The minimum absolute atomic E-state index is 0.101. The van der Waals surface area contributed by atoms with Crippen molar-refractivity contribution < 1.29 is 9.90 Å². The fourth-order valence-corrected chi connectivity index (χ4v) is 2.89. The van der Waals surface area contributed by atoms with Crippen LogP contribution in [-0.2, 0) is 4.79 Å². The average Bonchev–Trinajstić information content (AvgIpc) is 2.38. The van der Waals surface area contributed by atoms with Crippen LogP contribution in [0.5, 0.6) is 0 Å². The van der Waals surface area contributed by atoms with Gasteiger partial charge >= 0.3 is 5.97 Å². The van der Waals surface area contributed by atoms with Crippen LogP contribution in [0.3, 0.4) is 0 Å². The molecule has 19 heavy (non-hydrogen) atoms. The molecule has 1 aliphatic rings. The summed E-state index contributed by atoms with van der Waals surface area (Å²) < 4.78 is 0. The Morgan fingerprint density at radius 3 is 2.68 bits per heavy atom. The Hall–Kier alpha value is -1.58. The Bertz CT molecular complexity index is 422. The van der Waals surface area contributed by atoms with Gasteiger partial charge < -0.3 is 10.4 Å². The van der Waals surface area contributed by atoms with E-state index < -0.39 is 5.97 Å². The van der Waals surface area contributed by atoms with Crippen LogP contribution in [0.1, 0.15) is 44.1 Å². The Kier molecular flexibility index (Phi) is 4.40. The molecule has 1 aromatic heterocycles. The molecule has 0 aliphatic heterocycles. The Balaban J connectivity index is 1.99. The summed E-state index contributed by atoms with van der Waals surface area (Å²) in [6.45, 7) is 2.71. The quantitative estimate of drug-likeness (QED) is 0.855. The van der Waals surface area contributed by atoms with Gasteiger partial charge in [0.05, 0.1) is 6.42 Å². The molecule has 4 heteroatoms. The first-order chi connectivity index (χ1) is 9.10. The third-order valence-corrected chi connectivity index (χ3v) is 4.00. The number of rotatable bonds is 5. The molecule has 0 spiro atoms. The molecule has 0 atom stereocenters. The molecule has 1 aromatic rings. The van der Waals surface area contributed by atoms with Crippen LogP contribution in [0.15, 0.2) is 18.3 Å². The molecule has 1 aliphatic carbocycles. The van der Waals surface area contributed by atoms with Crippen LogP contribution < -0.4 is 5.32 Å². The summed E-state index contributed by atoms with van der Waals surface area (Å²) in [5, 5.41) is 12.4. The van der Waals surface area contributed by atoms with Gasteiger partial charge in [-0.25, -0.2) is 4.98 Å². The van der Waals surface area contributed by atoms with E-state index in [-0.39, 0.29) is 11.8 Å². The maximum atomic E-state index is 11.1. The van der Waals surface area contributed by atoms with E-state index in [0.717, 1.165) is 37.1 Å². The molecule has 0 unspecified atom stereocenters. The van der Waals surface area contributed by atoms with Crippen LogP contribution in [0.4, 0.5) is 5.82 Å². The minimum atomic E-state index is -0.694. The van der Waals surface area contributed by atoms with Gasteiger partial charge in [0, 0.05) is 12.7 Å². The first kappa shape index (κ1) is 13.8. The highest BCUT2D eigenvalue weighted by atomic mass is 16.4. The van der Waals surface area contributed by atoms with Crippen molar-refractivity contribution in [2.45, 2.75) is 45.4 Å². The maximum Gasteiger partial charge on any atom is 0.303 e. The second-order valence-electron chi connectivity index (χ2n) is 5.71. The van der Waals surface area contributed by atoms with E-state index >= 15 is 0 Å². The van der Waals surface area contributed by atoms with Crippen molar-refractivity contribution in [2.75, 3.05) is 11.9 Å². The number of carboxylic acids is 1. The van der Waals surface area contributed by atoms with Crippen LogP contribution in [-0.4, -0.2) is 22.6 Å². The number of nitrogens with zero attached hydrogens (tertiary/aromatic N) is 1. The van der Waals surface area contributed by atoms with E-state index in [4.69, 9.17) is 5.11 Å². The van der Waals surface area contributed by atoms with E-state index in [1.54, 1.807) is 0 Å². The summed E-state index contributed by atoms with van der Waals surface area (Å²) in [5.74, 6) is 0.140. The third-order valence-electron chi connectivity index (χ3n) is 4.00. The summed E-state index contributed by atoms with van der Waals surface area (Å²) in [7, 11) is 0. The summed E-state index contributed by atoms with van der Waals surface area (Å²) in [4.78, 5) is 15.4. The molecule has 0 aromatic carbocycles. The van der Waals surface area contributed by atoms with Gasteiger partial charge in [0.2, 0.25) is 0 Å². The van der Waals surface area contributed by atoms with Gasteiger partial charge in [-0.05, 0) is 36.8 Å². The number of aryl methyl sites for hydroxylation is 1. The van der Waals surface area contributed by atoms with Gasteiger partial charge in [0.25, 0.3) is 0 Å². The van der Waals surface area contributed by atoms with Crippen molar-refractivity contribution in [1.29, 1.82) is 0 Å². The van der Waals surface area contributed by atoms with Crippen molar-refractivity contribution in [3.63, 3.8) is 0 Å². The number of pyridine rings is 1. The zero-order valence-corrected chi connectivity index (χ0v) is 11.5. The lowest BCUT2D eigenvalue weighted by Crippen LogP contribution is -2.34. The van der Waals surface area contributed by atoms with Crippen molar-refractivity contribution >= 4 is 11.8 Å². The highest BCUT2D eigenvalue weighted by Gasteiger charge is 2.34. The lowest BCUT2D eigenvalue weighted by molar-refractivity contribution is -0.140. The van der Waals surface area contributed by atoms with Gasteiger partial charge in [-0.2, -0.15) is 0 Å². The number of carboxylic acid groups (broad SMARTS) is 1. The monoisotopic (exact) mass is 262 g/mol. The number of carbonyl (C=O) groups is 1. The van der Waals surface area contributed by atoms with Crippen LogP contribution >= 0.6 is 0 Å². The van der Waals surface area contributed by atoms with Gasteiger partial charge in [-0.1, -0.05) is 25.3 Å². The molecule has 1 saturated carbocycles. The normalized spacial score (nSPS) is 17.9. The first-order valence-corrected chi connectivity index (χ1v) is 6.98. The molecule has 0 radical (unpaired) electrons. The van der Waals surface area contributed by atoms with E-state index in [1.807, 2.05) is 25.3 Å². The fraction of sp³-hybridized carbons (Fsp3) is 0.600. The molecule has 0 amide bonds. The first-order valence-electron chi connectivity index (χ1n) is 6.98. The molecular formula is C15H22N2O2. The SMILES string of the molecule is Cc1ccc(NCC2(CC(=O)O)CCCCC2)nc1. The predicted octanol–water partition coefficient (Wildman–Crippen LogP) is 3.23. The molecule has 1 fully saturated rings. The molecule has 4 nitrogen and oxygen atoms in total. The molecule has 2 rings (SSSR count). The largest absolute Gasteiger partial charge is 0.481 e. The van der Waals surface area contributed by atoms with Crippen molar-refractivity contribution in [1.82, 2.24) is 4.98 Å². The Morgan fingerprint density at radius 2 is 2.11 bits per heavy atom. The second-order valence-corrected chi connectivity index (χ2v) is 5.71. The predicted molar refractivity (Wildman–Crippen MR) is 75.2 cm³/mol. The Morgan fingerprint density at radius 1 is 1.37 bits per heavy atom. The van der Waals surface area contributed by atoms with Gasteiger partial charge in [0.1, 0.15) is 5.82 Å². The smallest absolute Gasteiger partial charge is 0.303 e. The number of hydrogen-bond donors (Lipinski definition) is 2. The molecule has 2 N–H and O–H groups in total. The molecule has 1 heterocycles. The summed E-state index contributed by atoms with van der Waals surface area (Å²) in [6.07, 6.45) is 7.58. The lowest BCUT2D eigenvalue weighted by atomic mass is 9.71. The molecule has 104 valence electrons. The van der Waals surface area contributed by atoms with Gasteiger partial charge in [0.15, 0.2) is 0 Å². The zero-order chi connectivity index (χ0) is 13.7. The number of aromatic nitrogens is 1. The van der Waals surface area contributed by atoms with Crippen LogP contribution in [0, 0.1) is 12.3 Å². The maximum absolute atomic E-state index is 11.1. The van der Waals surface area contributed by atoms with Crippen LogP contribution in [0.25, 0.3) is 0 Å². The lowest BCUT2D eigenvalue weighted by Gasteiger charge is -2.36. The summed E-state index contributed by atoms with van der Waals surface area (Å²) in [6, 6.07) is 3.96. The van der Waals surface area contributed by atoms with Gasteiger partial charge in [-0.15, -0.1) is 0 Å². The van der Waals surface area contributed by atoms with E-state index in [9.17, 15) is 4.79 Å². The molecule has 0 saturated heterocycles. The Labute approximate surface area is 114 Å². The minimum Gasteiger partial charge on any atom is -0.481 e. The summed E-state index contributed by atoms with van der Waals surface area (Å²) in [5.41, 5.74) is 1.03. The number of anilines is 1. The van der Waals surface area contributed by atoms with E-state index in [0.29, 0.717) is 6.54 Å². The molecule has 0 bridgehead atoms. The van der Waals surface area contributed by atoms with E-state index in [1.165, 1.54) is 6.42 Å². The summed E-state index contributed by atoms with van der Waals surface area (Å²) >= 11 is 0. The van der Waals surface area contributed by atoms with Crippen molar-refractivity contribution in [2.24, 2.45) is 5.41 Å². The second kappa shape index (κ2) is 6.04. The fourth-order valence-electron chi connectivity index (χ4n) is 2.89. The highest BCUT2D eigenvalue weighted by Crippen LogP contribution is 2.39. The molecular weight excluding hydrogens is 240 g/mol. The third kappa shape index (κ3) is 3.94. The number of nitrogens with one attached hydrogen (secondary N) is 1. The number of aliphatic carboxylic acids is 1. The van der Waals surface area contributed by atoms with E-state index in [2.05, 4.69) is 10.3 Å². The topological polar surface area (TPSA) is 62.2 Å². The average molecular weight is 262 g/mol. The van der Waals surface area contributed by atoms with Crippen molar-refractivity contribution in [3.8, 4) is 0 Å². The standard InChI is InChI=1S/C15H22N2O2/c1-12-5-6-13(16-10-12)17-11-15(9-14(18)19)7-3-2-4-8-15/h5-6,10H,2-4,7-9,11H2,1H3,(H,16,17)(H,18,19). The van der Waals surface area contributed by atoms with Crippen molar-refractivity contribution in [3.05, 3.63) is 23.9 Å². The van der Waals surface area contributed by atoms with Crippen LogP contribution in [0.2, 0.25) is 0 Å².